The Morgan fingerprint density at radius 3 is 3.14 bits per heavy atom. The van der Waals surface area contributed by atoms with Gasteiger partial charge < -0.3 is 9.72 Å². The molecular weight excluding hydrogens is 176 g/mol. The fraction of sp³-hybridized carbons (Fsp3) is 0.727. The number of hydrogen-bond acceptors (Lipinski definition) is 2. The van der Waals surface area contributed by atoms with E-state index in [1.807, 2.05) is 6.92 Å². The molecule has 1 aromatic rings. The average molecular weight is 194 g/mol. The van der Waals surface area contributed by atoms with Gasteiger partial charge in [-0.05, 0) is 26.2 Å². The van der Waals surface area contributed by atoms with Crippen molar-refractivity contribution in [2.24, 2.45) is 0 Å². The molecule has 0 aromatic carbocycles. The fourth-order valence-electron chi connectivity index (χ4n) is 2.07. The second-order valence-electron chi connectivity index (χ2n) is 3.98. The van der Waals surface area contributed by atoms with Crippen molar-refractivity contribution in [1.82, 2.24) is 9.97 Å². The zero-order valence-corrected chi connectivity index (χ0v) is 8.97. The molecule has 0 amide bonds. The average Bonchev–Trinajstić information content (AvgIpc) is 2.59. The molecule has 0 fully saturated rings. The third-order valence-corrected chi connectivity index (χ3v) is 2.83. The molecule has 0 saturated heterocycles. The van der Waals surface area contributed by atoms with E-state index in [0.717, 1.165) is 18.9 Å². The fourth-order valence-corrected chi connectivity index (χ4v) is 2.07. The summed E-state index contributed by atoms with van der Waals surface area (Å²) in [5.74, 6) is 1.61. The van der Waals surface area contributed by atoms with E-state index in [-0.39, 0.29) is 0 Å². The molecule has 14 heavy (non-hydrogen) atoms. The molecule has 1 aliphatic carbocycles. The van der Waals surface area contributed by atoms with E-state index in [9.17, 15) is 0 Å². The number of ether oxygens (including phenoxy) is 1. The third-order valence-electron chi connectivity index (χ3n) is 2.83. The maximum atomic E-state index is 5.34. The lowest BCUT2D eigenvalue weighted by atomic mass is 9.92. The van der Waals surface area contributed by atoms with Crippen LogP contribution >= 0.6 is 0 Å². The van der Waals surface area contributed by atoms with Crippen LogP contribution in [0, 0.1) is 0 Å². The van der Waals surface area contributed by atoms with Gasteiger partial charge in [-0.3, -0.25) is 0 Å². The molecule has 1 unspecified atom stereocenters. The number of H-pyrrole nitrogens is 1. The first-order valence-electron chi connectivity index (χ1n) is 5.46. The smallest absolute Gasteiger partial charge is 0.132 e. The standard InChI is InChI=1S/C11H18N2O/c1-3-14-7-10-12-9-6-4-5-8(2)11(9)13-10/h8H,3-7H2,1-2H3,(H,12,13). The molecule has 0 spiro atoms. The quantitative estimate of drug-likeness (QED) is 0.802. The summed E-state index contributed by atoms with van der Waals surface area (Å²) in [7, 11) is 0. The lowest BCUT2D eigenvalue weighted by molar-refractivity contribution is 0.128. The summed E-state index contributed by atoms with van der Waals surface area (Å²) in [6.07, 6.45) is 3.70. The van der Waals surface area contributed by atoms with Gasteiger partial charge in [0.05, 0.1) is 5.69 Å². The van der Waals surface area contributed by atoms with Crippen molar-refractivity contribution in [1.29, 1.82) is 0 Å². The van der Waals surface area contributed by atoms with Crippen LogP contribution in [-0.4, -0.2) is 16.6 Å². The number of hydrogen-bond donors (Lipinski definition) is 1. The Morgan fingerprint density at radius 1 is 1.57 bits per heavy atom. The van der Waals surface area contributed by atoms with Gasteiger partial charge in [0, 0.05) is 18.2 Å². The van der Waals surface area contributed by atoms with Crippen LogP contribution in [0.5, 0.6) is 0 Å². The number of aryl methyl sites for hydroxylation is 1. The van der Waals surface area contributed by atoms with Crippen molar-refractivity contribution in [2.75, 3.05) is 6.61 Å². The van der Waals surface area contributed by atoms with Crippen LogP contribution in [0.4, 0.5) is 0 Å². The van der Waals surface area contributed by atoms with Crippen molar-refractivity contribution in [3.63, 3.8) is 0 Å². The zero-order chi connectivity index (χ0) is 9.97. The second-order valence-corrected chi connectivity index (χ2v) is 3.98. The number of nitrogens with zero attached hydrogens (tertiary/aromatic N) is 1. The molecule has 1 heterocycles. The van der Waals surface area contributed by atoms with E-state index in [0.29, 0.717) is 12.5 Å². The van der Waals surface area contributed by atoms with E-state index < -0.39 is 0 Å². The Kier molecular flexibility index (Phi) is 2.87. The maximum Gasteiger partial charge on any atom is 0.132 e. The maximum absolute atomic E-state index is 5.34. The highest BCUT2D eigenvalue weighted by molar-refractivity contribution is 5.21. The monoisotopic (exact) mass is 194 g/mol. The molecule has 0 bridgehead atoms. The molecule has 1 aromatic heterocycles. The largest absolute Gasteiger partial charge is 0.374 e. The van der Waals surface area contributed by atoms with Gasteiger partial charge in [-0.1, -0.05) is 6.92 Å². The molecule has 1 aliphatic rings. The van der Waals surface area contributed by atoms with Gasteiger partial charge in [0.15, 0.2) is 0 Å². The van der Waals surface area contributed by atoms with Crippen molar-refractivity contribution in [3.8, 4) is 0 Å². The van der Waals surface area contributed by atoms with Gasteiger partial charge >= 0.3 is 0 Å². The van der Waals surface area contributed by atoms with Gasteiger partial charge in [0.2, 0.25) is 0 Å². The van der Waals surface area contributed by atoms with Crippen LogP contribution in [0.1, 0.15) is 49.8 Å². The SMILES string of the molecule is CCOCc1nc2c([nH]1)CCCC2C. The van der Waals surface area contributed by atoms with Gasteiger partial charge in [-0.15, -0.1) is 0 Å². The van der Waals surface area contributed by atoms with Crippen molar-refractivity contribution in [2.45, 2.75) is 45.6 Å². The summed E-state index contributed by atoms with van der Waals surface area (Å²) in [5.41, 5.74) is 2.60. The minimum atomic E-state index is 0.616. The van der Waals surface area contributed by atoms with Crippen molar-refractivity contribution < 1.29 is 4.74 Å². The molecule has 1 N–H and O–H groups in total. The van der Waals surface area contributed by atoms with Crippen LogP contribution < -0.4 is 0 Å². The summed E-state index contributed by atoms with van der Waals surface area (Å²) in [5, 5.41) is 0. The van der Waals surface area contributed by atoms with Gasteiger partial charge in [-0.2, -0.15) is 0 Å². The Balaban J connectivity index is 2.13. The molecule has 0 radical (unpaired) electrons. The topological polar surface area (TPSA) is 37.9 Å². The van der Waals surface area contributed by atoms with Gasteiger partial charge in [0.1, 0.15) is 12.4 Å². The molecule has 0 saturated carbocycles. The summed E-state index contributed by atoms with van der Waals surface area (Å²) in [4.78, 5) is 7.95. The highest BCUT2D eigenvalue weighted by atomic mass is 16.5. The lowest BCUT2D eigenvalue weighted by Crippen LogP contribution is -2.05. The minimum absolute atomic E-state index is 0.616. The number of imidazole rings is 1. The Morgan fingerprint density at radius 2 is 2.43 bits per heavy atom. The first kappa shape index (κ1) is 9.71. The summed E-state index contributed by atoms with van der Waals surface area (Å²) >= 11 is 0. The molecule has 3 nitrogen and oxygen atoms in total. The molecular formula is C11H18N2O. The minimum Gasteiger partial charge on any atom is -0.374 e. The van der Waals surface area contributed by atoms with E-state index in [4.69, 9.17) is 4.74 Å². The van der Waals surface area contributed by atoms with Gasteiger partial charge in [0.25, 0.3) is 0 Å². The molecule has 0 aliphatic heterocycles. The third kappa shape index (κ3) is 1.82. The number of aromatic amines is 1. The summed E-state index contributed by atoms with van der Waals surface area (Å²) in [6, 6.07) is 0. The van der Waals surface area contributed by atoms with Crippen LogP contribution in [0.25, 0.3) is 0 Å². The molecule has 3 heteroatoms. The van der Waals surface area contributed by atoms with Crippen molar-refractivity contribution in [3.05, 3.63) is 17.2 Å². The second kappa shape index (κ2) is 4.13. The first-order valence-corrected chi connectivity index (χ1v) is 5.46. The summed E-state index contributed by atoms with van der Waals surface area (Å²) < 4.78 is 5.34. The van der Waals surface area contributed by atoms with Gasteiger partial charge in [-0.25, -0.2) is 4.98 Å². The van der Waals surface area contributed by atoms with E-state index in [1.165, 1.54) is 24.2 Å². The van der Waals surface area contributed by atoms with Crippen LogP contribution in [0.2, 0.25) is 0 Å². The van der Waals surface area contributed by atoms with E-state index in [1.54, 1.807) is 0 Å². The highest BCUT2D eigenvalue weighted by Gasteiger charge is 2.20. The van der Waals surface area contributed by atoms with Crippen LogP contribution in [0.3, 0.4) is 0 Å². The van der Waals surface area contributed by atoms with E-state index in [2.05, 4.69) is 16.9 Å². The number of fused-ring (bicyclic) bond motifs is 1. The zero-order valence-electron chi connectivity index (χ0n) is 8.97. The normalized spacial score (nSPS) is 20.9. The highest BCUT2D eigenvalue weighted by Crippen LogP contribution is 2.29. The van der Waals surface area contributed by atoms with E-state index >= 15 is 0 Å². The predicted octanol–water partition coefficient (Wildman–Crippen LogP) is 2.39. The Labute approximate surface area is 84.9 Å². The molecule has 2 rings (SSSR count). The van der Waals surface area contributed by atoms with Crippen LogP contribution in [0.15, 0.2) is 0 Å². The number of rotatable bonds is 3. The first-order chi connectivity index (χ1) is 6.81. The lowest BCUT2D eigenvalue weighted by Gasteiger charge is -2.15. The predicted molar refractivity (Wildman–Crippen MR) is 55.3 cm³/mol. The Hall–Kier alpha value is -0.830. The van der Waals surface area contributed by atoms with Crippen molar-refractivity contribution >= 4 is 0 Å². The Bertz CT molecular complexity index is 306. The van der Waals surface area contributed by atoms with Crippen LogP contribution in [-0.2, 0) is 17.8 Å². The number of aromatic nitrogens is 2. The number of nitrogens with one attached hydrogen (secondary N) is 1. The molecule has 1 atom stereocenters. The summed E-state index contributed by atoms with van der Waals surface area (Å²) in [6.45, 7) is 5.63. The molecule has 78 valence electrons.